The SMILES string of the molecule is COc1cnccc1C(N)C1CCCC(C)C1. The standard InChI is InChI=1S/C14H22N2O/c1-10-4-3-5-11(8-10)14(15)12-6-7-16-9-13(12)17-2/h6-7,9-11,14H,3-5,8,15H2,1-2H3. The van der Waals surface area contributed by atoms with Gasteiger partial charge in [0.15, 0.2) is 0 Å². The van der Waals surface area contributed by atoms with E-state index < -0.39 is 0 Å². The zero-order chi connectivity index (χ0) is 12.3. The lowest BCUT2D eigenvalue weighted by Gasteiger charge is -2.31. The molecule has 2 N–H and O–H groups in total. The molecule has 0 aromatic carbocycles. The van der Waals surface area contributed by atoms with E-state index in [1.54, 1.807) is 19.5 Å². The third kappa shape index (κ3) is 2.78. The molecule has 1 heterocycles. The van der Waals surface area contributed by atoms with Crippen molar-refractivity contribution in [3.63, 3.8) is 0 Å². The van der Waals surface area contributed by atoms with E-state index in [0.29, 0.717) is 5.92 Å². The number of hydrogen-bond acceptors (Lipinski definition) is 3. The van der Waals surface area contributed by atoms with E-state index in [0.717, 1.165) is 17.2 Å². The van der Waals surface area contributed by atoms with E-state index in [1.807, 2.05) is 6.07 Å². The lowest BCUT2D eigenvalue weighted by molar-refractivity contribution is 0.245. The Hall–Kier alpha value is -1.09. The minimum absolute atomic E-state index is 0.0794. The number of ether oxygens (including phenoxy) is 1. The second kappa shape index (κ2) is 5.50. The maximum Gasteiger partial charge on any atom is 0.141 e. The van der Waals surface area contributed by atoms with Gasteiger partial charge in [0.25, 0.3) is 0 Å². The average Bonchev–Trinajstić information content (AvgIpc) is 2.38. The second-order valence-corrected chi connectivity index (χ2v) is 5.18. The summed E-state index contributed by atoms with van der Waals surface area (Å²) in [7, 11) is 1.68. The summed E-state index contributed by atoms with van der Waals surface area (Å²) in [6.07, 6.45) is 8.65. The number of aromatic nitrogens is 1. The van der Waals surface area contributed by atoms with Gasteiger partial charge < -0.3 is 10.5 Å². The van der Waals surface area contributed by atoms with Crippen molar-refractivity contribution in [2.45, 2.75) is 38.6 Å². The largest absolute Gasteiger partial charge is 0.495 e. The van der Waals surface area contributed by atoms with Crippen LogP contribution in [0.15, 0.2) is 18.5 Å². The van der Waals surface area contributed by atoms with E-state index in [4.69, 9.17) is 10.5 Å². The molecule has 3 atom stereocenters. The quantitative estimate of drug-likeness (QED) is 0.874. The summed E-state index contributed by atoms with van der Waals surface area (Å²) in [4.78, 5) is 4.08. The van der Waals surface area contributed by atoms with Gasteiger partial charge in [0.05, 0.1) is 13.3 Å². The number of methoxy groups -OCH3 is 1. The van der Waals surface area contributed by atoms with Gasteiger partial charge >= 0.3 is 0 Å². The van der Waals surface area contributed by atoms with Crippen LogP contribution in [0.3, 0.4) is 0 Å². The van der Waals surface area contributed by atoms with E-state index in [9.17, 15) is 0 Å². The highest BCUT2D eigenvalue weighted by Crippen LogP contribution is 2.38. The molecule has 1 aliphatic rings. The van der Waals surface area contributed by atoms with E-state index in [2.05, 4.69) is 11.9 Å². The summed E-state index contributed by atoms with van der Waals surface area (Å²) >= 11 is 0. The lowest BCUT2D eigenvalue weighted by atomic mass is 9.77. The van der Waals surface area contributed by atoms with Crippen LogP contribution in [0.1, 0.15) is 44.2 Å². The first-order valence-electron chi connectivity index (χ1n) is 6.46. The molecule has 1 saturated carbocycles. The topological polar surface area (TPSA) is 48.1 Å². The Morgan fingerprint density at radius 3 is 3.00 bits per heavy atom. The van der Waals surface area contributed by atoms with Crippen molar-refractivity contribution in [2.24, 2.45) is 17.6 Å². The van der Waals surface area contributed by atoms with Crippen molar-refractivity contribution in [3.8, 4) is 5.75 Å². The summed E-state index contributed by atoms with van der Waals surface area (Å²) in [5.41, 5.74) is 7.50. The van der Waals surface area contributed by atoms with Gasteiger partial charge in [-0.2, -0.15) is 0 Å². The summed E-state index contributed by atoms with van der Waals surface area (Å²) < 4.78 is 5.34. The zero-order valence-corrected chi connectivity index (χ0v) is 10.7. The summed E-state index contributed by atoms with van der Waals surface area (Å²) in [6.45, 7) is 2.32. The van der Waals surface area contributed by atoms with Crippen molar-refractivity contribution in [2.75, 3.05) is 7.11 Å². The Kier molecular flexibility index (Phi) is 4.00. The van der Waals surface area contributed by atoms with Gasteiger partial charge in [-0.25, -0.2) is 0 Å². The van der Waals surface area contributed by atoms with E-state index >= 15 is 0 Å². The molecule has 0 bridgehead atoms. The molecule has 0 radical (unpaired) electrons. The van der Waals surface area contributed by atoms with Gasteiger partial charge in [0.2, 0.25) is 0 Å². The van der Waals surface area contributed by atoms with Gasteiger partial charge in [0.1, 0.15) is 5.75 Å². The minimum Gasteiger partial charge on any atom is -0.495 e. The van der Waals surface area contributed by atoms with Crippen molar-refractivity contribution in [3.05, 3.63) is 24.0 Å². The molecule has 17 heavy (non-hydrogen) atoms. The molecular formula is C14H22N2O. The van der Waals surface area contributed by atoms with Crippen LogP contribution in [0.4, 0.5) is 0 Å². The molecule has 1 fully saturated rings. The minimum atomic E-state index is 0.0794. The Morgan fingerprint density at radius 2 is 2.29 bits per heavy atom. The molecule has 1 aromatic heterocycles. The summed E-state index contributed by atoms with van der Waals surface area (Å²) in [5, 5.41) is 0. The number of hydrogen-bond donors (Lipinski definition) is 1. The molecule has 0 aliphatic heterocycles. The maximum absolute atomic E-state index is 6.40. The molecule has 3 nitrogen and oxygen atoms in total. The predicted octanol–water partition coefficient (Wildman–Crippen LogP) is 2.92. The Morgan fingerprint density at radius 1 is 1.47 bits per heavy atom. The van der Waals surface area contributed by atoms with Crippen molar-refractivity contribution in [1.82, 2.24) is 4.98 Å². The molecule has 94 valence electrons. The van der Waals surface area contributed by atoms with Crippen molar-refractivity contribution < 1.29 is 4.74 Å². The van der Waals surface area contributed by atoms with Gasteiger partial charge in [-0.15, -0.1) is 0 Å². The van der Waals surface area contributed by atoms with Gasteiger partial charge in [-0.05, 0) is 30.7 Å². The van der Waals surface area contributed by atoms with Crippen LogP contribution in [0.5, 0.6) is 5.75 Å². The van der Waals surface area contributed by atoms with Crippen LogP contribution in [0.2, 0.25) is 0 Å². The number of pyridine rings is 1. The molecule has 0 amide bonds. The second-order valence-electron chi connectivity index (χ2n) is 5.18. The van der Waals surface area contributed by atoms with Gasteiger partial charge in [-0.1, -0.05) is 19.8 Å². The average molecular weight is 234 g/mol. The maximum atomic E-state index is 6.40. The van der Waals surface area contributed by atoms with Crippen molar-refractivity contribution in [1.29, 1.82) is 0 Å². The number of nitrogens with zero attached hydrogens (tertiary/aromatic N) is 1. The lowest BCUT2D eigenvalue weighted by Crippen LogP contribution is -2.26. The highest BCUT2D eigenvalue weighted by atomic mass is 16.5. The van der Waals surface area contributed by atoms with Crippen LogP contribution in [0, 0.1) is 11.8 Å². The van der Waals surface area contributed by atoms with E-state index in [1.165, 1.54) is 25.7 Å². The Labute approximate surface area is 103 Å². The van der Waals surface area contributed by atoms with Crippen LogP contribution < -0.4 is 10.5 Å². The van der Waals surface area contributed by atoms with Crippen LogP contribution >= 0.6 is 0 Å². The van der Waals surface area contributed by atoms with Gasteiger partial charge in [-0.3, -0.25) is 4.98 Å². The molecule has 3 heteroatoms. The third-order valence-electron chi connectivity index (χ3n) is 3.88. The first-order valence-corrected chi connectivity index (χ1v) is 6.46. The zero-order valence-electron chi connectivity index (χ0n) is 10.7. The molecule has 1 aliphatic carbocycles. The van der Waals surface area contributed by atoms with Crippen molar-refractivity contribution >= 4 is 0 Å². The molecule has 1 aromatic rings. The number of rotatable bonds is 3. The fourth-order valence-electron chi connectivity index (χ4n) is 2.90. The van der Waals surface area contributed by atoms with Crippen LogP contribution in [-0.4, -0.2) is 12.1 Å². The normalized spacial score (nSPS) is 26.5. The first-order chi connectivity index (χ1) is 8.22. The predicted molar refractivity (Wildman–Crippen MR) is 68.8 cm³/mol. The summed E-state index contributed by atoms with van der Waals surface area (Å²) in [5.74, 6) is 2.20. The fourth-order valence-corrected chi connectivity index (χ4v) is 2.90. The molecule has 0 spiro atoms. The Balaban J connectivity index is 2.15. The molecule has 2 rings (SSSR count). The summed E-state index contributed by atoms with van der Waals surface area (Å²) in [6, 6.07) is 2.07. The molecule has 0 saturated heterocycles. The highest BCUT2D eigenvalue weighted by molar-refractivity contribution is 5.33. The van der Waals surface area contributed by atoms with Gasteiger partial charge in [0, 0.05) is 17.8 Å². The Bertz CT molecular complexity index is 367. The third-order valence-corrected chi connectivity index (χ3v) is 3.88. The monoisotopic (exact) mass is 234 g/mol. The fraction of sp³-hybridized carbons (Fsp3) is 0.643. The molecule has 3 unspecified atom stereocenters. The smallest absolute Gasteiger partial charge is 0.141 e. The molecular weight excluding hydrogens is 212 g/mol. The first kappa shape index (κ1) is 12.4. The van der Waals surface area contributed by atoms with Crippen LogP contribution in [-0.2, 0) is 0 Å². The highest BCUT2D eigenvalue weighted by Gasteiger charge is 2.26. The number of nitrogens with two attached hydrogens (primary N) is 1. The van der Waals surface area contributed by atoms with Crippen LogP contribution in [0.25, 0.3) is 0 Å². The van der Waals surface area contributed by atoms with E-state index in [-0.39, 0.29) is 6.04 Å².